The minimum Gasteiger partial charge on any atom is -0.481 e. The molecule has 9 atom stereocenters. The van der Waals surface area contributed by atoms with E-state index in [9.17, 15) is 24.6 Å². The number of likely N-dealkylation sites (tertiary alicyclic amines) is 1. The maximum absolute atomic E-state index is 14.4. The number of carboxylic acid groups (broad SMARTS) is 1. The summed E-state index contributed by atoms with van der Waals surface area (Å²) in [7, 11) is 0. The Bertz CT molecular complexity index is 1700. The molecule has 7 heteroatoms. The molecule has 8 rings (SSSR count). The van der Waals surface area contributed by atoms with Crippen LogP contribution in [-0.2, 0) is 14.4 Å². The van der Waals surface area contributed by atoms with Gasteiger partial charge in [0.25, 0.3) is 0 Å². The normalized spacial score (nSPS) is 40.0. The topological polar surface area (TPSA) is 98.2 Å². The molecule has 0 spiro atoms. The van der Waals surface area contributed by atoms with E-state index >= 15 is 0 Å². The average Bonchev–Trinajstić information content (AvgIpc) is 3.70. The monoisotopic (exact) mass is 771 g/mol. The fourth-order valence-electron chi connectivity index (χ4n) is 15.7. The molecular weight excluding hydrogens is 697 g/mol. The fraction of sp³-hybridized carbons (Fsp3) is 0.816. The molecule has 5 fully saturated rings. The van der Waals surface area contributed by atoms with Crippen molar-refractivity contribution in [2.24, 2.45) is 62.6 Å². The Kier molecular flexibility index (Phi) is 10.5. The van der Waals surface area contributed by atoms with Crippen LogP contribution in [0.25, 0.3) is 0 Å². The molecule has 1 heterocycles. The van der Waals surface area contributed by atoms with Crippen LogP contribution in [0.1, 0.15) is 151 Å². The zero-order chi connectivity index (χ0) is 40.0. The summed E-state index contributed by atoms with van der Waals surface area (Å²) in [4.78, 5) is 44.4. The van der Waals surface area contributed by atoms with Crippen LogP contribution in [0.15, 0.2) is 34.4 Å². The lowest BCUT2D eigenvalue weighted by Gasteiger charge is -2.72. The molecule has 0 bridgehead atoms. The van der Waals surface area contributed by atoms with Crippen LogP contribution >= 0.6 is 0 Å². The van der Waals surface area contributed by atoms with Crippen molar-refractivity contribution in [1.29, 1.82) is 0 Å². The first-order valence-corrected chi connectivity index (χ1v) is 23.1. The number of allylic oxidation sites excluding steroid dienone is 5. The van der Waals surface area contributed by atoms with Crippen molar-refractivity contribution in [3.05, 3.63) is 34.4 Å². The van der Waals surface area contributed by atoms with Gasteiger partial charge in [0, 0.05) is 24.9 Å². The Balaban J connectivity index is 1.11. The Morgan fingerprint density at radius 3 is 2.30 bits per heavy atom. The van der Waals surface area contributed by atoms with Crippen molar-refractivity contribution in [3.8, 4) is 0 Å². The second-order valence-electron chi connectivity index (χ2n) is 21.8. The van der Waals surface area contributed by atoms with Crippen LogP contribution in [0.5, 0.6) is 0 Å². The first-order chi connectivity index (χ1) is 26.5. The number of Topliss-reactive ketones (excluding diaryl/α,β-unsaturated/α-hetero) is 1. The van der Waals surface area contributed by atoms with Crippen molar-refractivity contribution >= 4 is 17.7 Å². The van der Waals surface area contributed by atoms with Gasteiger partial charge < -0.3 is 15.1 Å². The summed E-state index contributed by atoms with van der Waals surface area (Å²) in [6.45, 7) is 20.6. The standard InChI is InChI=1S/C49H74N2O5/c1-8-49-24-23-48(40(53)29-51(28-32-11-12-32)41(54)30-50-25-9-10-26-50)27-37(52)42(31(2)3)43(48)36(49)17-18-39-46(6)21-19-35(33-13-15-34(16-14-33)44(55)56)45(4,5)38(46)20-22-47(39,49)7/h13,19,31-32,34,36,38-40,53H,8-12,14-18,20-30H2,1-7H3,(H,55,56)/t34?,36-,38+,39-,40+,46+,47-,48+,49-/m1/s1. The lowest BCUT2D eigenvalue weighted by molar-refractivity contribution is -0.210. The fourth-order valence-corrected chi connectivity index (χ4v) is 15.7. The minimum atomic E-state index is -0.741. The molecule has 0 aromatic rings. The Hall–Kier alpha value is -2.25. The van der Waals surface area contributed by atoms with Crippen LogP contribution in [0.3, 0.4) is 0 Å². The number of carboxylic acids is 1. The number of carbonyl (C=O) groups excluding carboxylic acids is 2. The summed E-state index contributed by atoms with van der Waals surface area (Å²) in [6, 6.07) is 0. The van der Waals surface area contributed by atoms with Crippen molar-refractivity contribution in [1.82, 2.24) is 9.80 Å². The van der Waals surface area contributed by atoms with Gasteiger partial charge in [-0.3, -0.25) is 19.3 Å². The lowest BCUT2D eigenvalue weighted by Crippen LogP contribution is -2.65. The first kappa shape index (κ1) is 40.5. The van der Waals surface area contributed by atoms with E-state index in [1.807, 2.05) is 4.90 Å². The number of hydrogen-bond acceptors (Lipinski definition) is 5. The Morgan fingerprint density at radius 2 is 1.68 bits per heavy atom. The van der Waals surface area contributed by atoms with Gasteiger partial charge in [0.1, 0.15) is 0 Å². The van der Waals surface area contributed by atoms with Crippen LogP contribution < -0.4 is 0 Å². The average molecular weight is 771 g/mol. The molecule has 7 aliphatic carbocycles. The number of aliphatic hydroxyl groups excluding tert-OH is 1. The smallest absolute Gasteiger partial charge is 0.306 e. The third-order valence-electron chi connectivity index (χ3n) is 18.6. The summed E-state index contributed by atoms with van der Waals surface area (Å²) in [5.74, 6) is 1.52. The number of fused-ring (bicyclic) bond motifs is 7. The largest absolute Gasteiger partial charge is 0.481 e. The molecule has 2 N–H and O–H groups in total. The molecule has 1 unspecified atom stereocenters. The molecule has 7 nitrogen and oxygen atoms in total. The molecular formula is C49H74N2O5. The van der Waals surface area contributed by atoms with Gasteiger partial charge in [0.05, 0.1) is 18.6 Å². The summed E-state index contributed by atoms with van der Waals surface area (Å²) in [5.41, 5.74) is 4.96. The molecule has 310 valence electrons. The highest BCUT2D eigenvalue weighted by Gasteiger charge is 2.71. The zero-order valence-corrected chi connectivity index (χ0v) is 36.1. The molecule has 1 aliphatic heterocycles. The number of nitrogens with zero attached hydrogens (tertiary/aromatic N) is 2. The third-order valence-corrected chi connectivity index (χ3v) is 18.6. The molecule has 4 saturated carbocycles. The Labute approximate surface area is 338 Å². The van der Waals surface area contributed by atoms with E-state index in [1.165, 1.54) is 29.6 Å². The highest BCUT2D eigenvalue weighted by molar-refractivity contribution is 6.00. The molecule has 1 saturated heterocycles. The number of amides is 1. The summed E-state index contributed by atoms with van der Waals surface area (Å²) in [6.07, 6.45) is 20.0. The lowest BCUT2D eigenvalue weighted by atomic mass is 9.32. The van der Waals surface area contributed by atoms with Gasteiger partial charge in [-0.2, -0.15) is 0 Å². The SMILES string of the molecule is CC[C@@]12CC[C@@]3([C@@H](O)CN(CC4CC4)C(=O)CN4CCCC4)CC(=O)C(C(C)C)=C3[C@H]1CC[C@@H]1[C@@]3(C)CC=C(C4=CCC(C(=O)O)CC4)C(C)(C)[C@@H]3CC[C@]12C. The van der Waals surface area contributed by atoms with E-state index in [4.69, 9.17) is 0 Å². The number of aliphatic carboxylic acids is 1. The first-order valence-electron chi connectivity index (χ1n) is 23.1. The molecule has 1 amide bonds. The van der Waals surface area contributed by atoms with Gasteiger partial charge >= 0.3 is 5.97 Å². The molecule has 8 aliphatic rings. The maximum atomic E-state index is 14.4. The van der Waals surface area contributed by atoms with Gasteiger partial charge in [-0.25, -0.2) is 0 Å². The maximum Gasteiger partial charge on any atom is 0.306 e. The summed E-state index contributed by atoms with van der Waals surface area (Å²) < 4.78 is 0. The van der Waals surface area contributed by atoms with E-state index in [2.05, 4.69) is 65.5 Å². The van der Waals surface area contributed by atoms with Gasteiger partial charge in [0.15, 0.2) is 5.78 Å². The van der Waals surface area contributed by atoms with E-state index in [1.54, 1.807) is 0 Å². The third kappa shape index (κ3) is 6.19. The zero-order valence-electron chi connectivity index (χ0n) is 36.1. The number of rotatable bonds is 11. The second-order valence-corrected chi connectivity index (χ2v) is 21.8. The second kappa shape index (κ2) is 14.5. The van der Waals surface area contributed by atoms with E-state index in [-0.39, 0.29) is 51.1 Å². The van der Waals surface area contributed by atoms with Crippen LogP contribution in [-0.4, -0.2) is 76.5 Å². The van der Waals surface area contributed by atoms with Crippen molar-refractivity contribution in [2.75, 3.05) is 32.7 Å². The van der Waals surface area contributed by atoms with Crippen LogP contribution in [0.4, 0.5) is 0 Å². The quantitative estimate of drug-likeness (QED) is 0.217. The highest BCUT2D eigenvalue weighted by Crippen LogP contribution is 2.78. The number of ketones is 1. The van der Waals surface area contributed by atoms with Gasteiger partial charge in [-0.05, 0) is 177 Å². The van der Waals surface area contributed by atoms with Crippen molar-refractivity contribution < 1.29 is 24.6 Å². The van der Waals surface area contributed by atoms with Gasteiger partial charge in [-0.15, -0.1) is 0 Å². The minimum absolute atomic E-state index is 0.0159. The van der Waals surface area contributed by atoms with Gasteiger partial charge in [-0.1, -0.05) is 66.2 Å². The summed E-state index contributed by atoms with van der Waals surface area (Å²) >= 11 is 0. The number of carbonyl (C=O) groups is 3. The van der Waals surface area contributed by atoms with Crippen LogP contribution in [0.2, 0.25) is 0 Å². The molecule has 0 aromatic heterocycles. The predicted octanol–water partition coefficient (Wildman–Crippen LogP) is 9.40. The molecule has 0 aromatic carbocycles. The summed E-state index contributed by atoms with van der Waals surface area (Å²) in [5, 5.41) is 22.4. The van der Waals surface area contributed by atoms with E-state index in [0.29, 0.717) is 43.7 Å². The molecule has 0 radical (unpaired) electrons. The predicted molar refractivity (Wildman–Crippen MR) is 222 cm³/mol. The van der Waals surface area contributed by atoms with Crippen molar-refractivity contribution in [2.45, 2.75) is 157 Å². The van der Waals surface area contributed by atoms with Crippen LogP contribution in [0, 0.1) is 62.6 Å². The van der Waals surface area contributed by atoms with E-state index in [0.717, 1.165) is 102 Å². The number of aliphatic hydroxyl groups is 1. The van der Waals surface area contributed by atoms with E-state index < -0.39 is 17.5 Å². The Morgan fingerprint density at radius 1 is 0.946 bits per heavy atom. The molecule has 56 heavy (non-hydrogen) atoms. The van der Waals surface area contributed by atoms with Gasteiger partial charge in [0.2, 0.25) is 5.91 Å². The number of hydrogen-bond donors (Lipinski definition) is 2. The highest BCUT2D eigenvalue weighted by atomic mass is 16.4. The van der Waals surface area contributed by atoms with Crippen molar-refractivity contribution in [3.63, 3.8) is 0 Å².